The van der Waals surface area contributed by atoms with Gasteiger partial charge in [-0.3, -0.25) is 0 Å². The molecule has 1 N–H and O–H groups in total. The van der Waals surface area contributed by atoms with Crippen LogP contribution in [0.25, 0.3) is 0 Å². The number of ether oxygens (including phenoxy) is 1. The van der Waals surface area contributed by atoms with E-state index >= 15 is 0 Å². The van der Waals surface area contributed by atoms with Crippen LogP contribution in [0.2, 0.25) is 0 Å². The van der Waals surface area contributed by atoms with Gasteiger partial charge >= 0.3 is 0 Å². The summed E-state index contributed by atoms with van der Waals surface area (Å²) >= 11 is 0. The van der Waals surface area contributed by atoms with Gasteiger partial charge in [0.1, 0.15) is 0 Å². The summed E-state index contributed by atoms with van der Waals surface area (Å²) in [6, 6.07) is 10.1. The van der Waals surface area contributed by atoms with Crippen molar-refractivity contribution in [2.24, 2.45) is 5.41 Å². The Bertz CT molecular complexity index is 330. The first-order valence-corrected chi connectivity index (χ1v) is 5.97. The fraction of sp³-hybridized carbons (Fsp3) is 0.467. The van der Waals surface area contributed by atoms with E-state index in [9.17, 15) is 5.11 Å². The van der Waals surface area contributed by atoms with E-state index in [0.29, 0.717) is 19.6 Å². The molecule has 0 aliphatic heterocycles. The summed E-state index contributed by atoms with van der Waals surface area (Å²) in [5, 5.41) is 9.92. The quantitative estimate of drug-likeness (QED) is 0.734. The van der Waals surface area contributed by atoms with Gasteiger partial charge in [0.2, 0.25) is 0 Å². The topological polar surface area (TPSA) is 29.5 Å². The van der Waals surface area contributed by atoms with Crippen LogP contribution in [0.5, 0.6) is 0 Å². The Kier molecular flexibility index (Phi) is 5.39. The van der Waals surface area contributed by atoms with Crippen LogP contribution in [-0.2, 0) is 11.3 Å². The highest BCUT2D eigenvalue weighted by molar-refractivity contribution is 5.13. The fourth-order valence-corrected chi connectivity index (χ4v) is 1.58. The lowest BCUT2D eigenvalue weighted by Crippen LogP contribution is -2.33. The normalized spacial score (nSPS) is 13.4. The summed E-state index contributed by atoms with van der Waals surface area (Å²) < 4.78 is 5.66. The number of benzene rings is 1. The molecule has 94 valence electrons. The van der Waals surface area contributed by atoms with Crippen molar-refractivity contribution in [3.05, 3.63) is 48.6 Å². The van der Waals surface area contributed by atoms with Crippen LogP contribution in [-0.4, -0.2) is 17.8 Å². The summed E-state index contributed by atoms with van der Waals surface area (Å²) in [7, 11) is 0. The van der Waals surface area contributed by atoms with Gasteiger partial charge in [-0.2, -0.15) is 0 Å². The van der Waals surface area contributed by atoms with Gasteiger partial charge < -0.3 is 9.84 Å². The van der Waals surface area contributed by atoms with Crippen LogP contribution in [0.15, 0.2) is 43.0 Å². The SMILES string of the molecule is C=CC[C@H](O)C(C)(C)COCc1ccccc1. The Morgan fingerprint density at radius 2 is 2.00 bits per heavy atom. The first-order chi connectivity index (χ1) is 8.06. The molecular weight excluding hydrogens is 212 g/mol. The number of hydrogen-bond acceptors (Lipinski definition) is 2. The lowest BCUT2D eigenvalue weighted by molar-refractivity contribution is -0.0273. The average molecular weight is 234 g/mol. The molecular formula is C15H22O2. The smallest absolute Gasteiger partial charge is 0.0717 e. The Balaban J connectivity index is 2.37. The minimum Gasteiger partial charge on any atom is -0.392 e. The molecule has 0 aliphatic rings. The van der Waals surface area contributed by atoms with Gasteiger partial charge in [-0.05, 0) is 12.0 Å². The molecule has 0 unspecified atom stereocenters. The lowest BCUT2D eigenvalue weighted by atomic mass is 9.86. The highest BCUT2D eigenvalue weighted by Crippen LogP contribution is 2.24. The Morgan fingerprint density at radius 1 is 1.35 bits per heavy atom. The molecule has 0 saturated heterocycles. The molecule has 1 rings (SSSR count). The zero-order valence-electron chi connectivity index (χ0n) is 10.7. The first kappa shape index (κ1) is 13.9. The molecule has 1 aromatic carbocycles. The monoisotopic (exact) mass is 234 g/mol. The van der Waals surface area contributed by atoms with E-state index in [-0.39, 0.29) is 5.41 Å². The molecule has 0 amide bonds. The van der Waals surface area contributed by atoms with E-state index in [2.05, 4.69) is 6.58 Å². The molecule has 1 aromatic rings. The average Bonchev–Trinajstić information content (AvgIpc) is 2.30. The van der Waals surface area contributed by atoms with Gasteiger partial charge in [-0.25, -0.2) is 0 Å². The van der Waals surface area contributed by atoms with Crippen molar-refractivity contribution < 1.29 is 9.84 Å². The minimum atomic E-state index is -0.407. The largest absolute Gasteiger partial charge is 0.392 e. The van der Waals surface area contributed by atoms with Gasteiger partial charge in [-0.15, -0.1) is 6.58 Å². The second kappa shape index (κ2) is 6.58. The van der Waals surface area contributed by atoms with E-state index < -0.39 is 6.10 Å². The van der Waals surface area contributed by atoms with E-state index in [1.54, 1.807) is 6.08 Å². The van der Waals surface area contributed by atoms with Crippen molar-refractivity contribution in [3.8, 4) is 0 Å². The molecule has 0 fully saturated rings. The Morgan fingerprint density at radius 3 is 2.59 bits per heavy atom. The van der Waals surface area contributed by atoms with Crippen LogP contribution in [0.3, 0.4) is 0 Å². The zero-order valence-corrected chi connectivity index (χ0v) is 10.7. The lowest BCUT2D eigenvalue weighted by Gasteiger charge is -2.29. The van der Waals surface area contributed by atoms with Crippen LogP contribution in [0.4, 0.5) is 0 Å². The second-order valence-electron chi connectivity index (χ2n) is 5.01. The third-order valence-corrected chi connectivity index (χ3v) is 2.88. The zero-order chi connectivity index (χ0) is 12.7. The van der Waals surface area contributed by atoms with Gasteiger partial charge in [0.05, 0.1) is 19.3 Å². The van der Waals surface area contributed by atoms with Gasteiger partial charge in [0.25, 0.3) is 0 Å². The number of aliphatic hydroxyl groups excluding tert-OH is 1. The second-order valence-corrected chi connectivity index (χ2v) is 5.01. The van der Waals surface area contributed by atoms with Gasteiger partial charge in [0, 0.05) is 5.41 Å². The maximum Gasteiger partial charge on any atom is 0.0717 e. The molecule has 2 heteroatoms. The van der Waals surface area contributed by atoms with Crippen molar-refractivity contribution in [2.75, 3.05) is 6.61 Å². The van der Waals surface area contributed by atoms with Crippen LogP contribution in [0.1, 0.15) is 25.8 Å². The highest BCUT2D eigenvalue weighted by Gasteiger charge is 2.26. The van der Waals surface area contributed by atoms with E-state index in [4.69, 9.17) is 4.74 Å². The number of rotatable bonds is 7. The maximum absolute atomic E-state index is 9.92. The molecule has 0 heterocycles. The van der Waals surface area contributed by atoms with Crippen molar-refractivity contribution in [3.63, 3.8) is 0 Å². The van der Waals surface area contributed by atoms with Crippen LogP contribution in [0, 0.1) is 5.41 Å². The molecule has 0 aromatic heterocycles. The maximum atomic E-state index is 9.92. The molecule has 0 spiro atoms. The van der Waals surface area contributed by atoms with Crippen molar-refractivity contribution in [1.29, 1.82) is 0 Å². The van der Waals surface area contributed by atoms with Gasteiger partial charge in [0.15, 0.2) is 0 Å². The Labute approximate surface area is 104 Å². The molecule has 2 nitrogen and oxygen atoms in total. The van der Waals surface area contributed by atoms with Crippen LogP contribution < -0.4 is 0 Å². The van der Waals surface area contributed by atoms with E-state index in [1.807, 2.05) is 44.2 Å². The minimum absolute atomic E-state index is 0.247. The Hall–Kier alpha value is -1.12. The summed E-state index contributed by atoms with van der Waals surface area (Å²) in [6.45, 7) is 8.78. The molecule has 17 heavy (non-hydrogen) atoms. The molecule has 1 atom stereocenters. The summed E-state index contributed by atoms with van der Waals surface area (Å²) in [5.41, 5.74) is 0.907. The highest BCUT2D eigenvalue weighted by atomic mass is 16.5. The van der Waals surface area contributed by atoms with E-state index in [1.165, 1.54) is 0 Å². The predicted molar refractivity (Wildman–Crippen MR) is 70.7 cm³/mol. The fourth-order valence-electron chi connectivity index (χ4n) is 1.58. The predicted octanol–water partition coefficient (Wildman–Crippen LogP) is 3.17. The molecule has 0 aliphatic carbocycles. The van der Waals surface area contributed by atoms with Crippen LogP contribution >= 0.6 is 0 Å². The van der Waals surface area contributed by atoms with Crippen molar-refractivity contribution in [1.82, 2.24) is 0 Å². The summed E-state index contributed by atoms with van der Waals surface area (Å²) in [4.78, 5) is 0. The number of aliphatic hydroxyl groups is 1. The van der Waals surface area contributed by atoms with Crippen molar-refractivity contribution in [2.45, 2.75) is 33.0 Å². The molecule has 0 radical (unpaired) electrons. The summed E-state index contributed by atoms with van der Waals surface area (Å²) in [6.07, 6.45) is 1.93. The molecule has 0 saturated carbocycles. The van der Waals surface area contributed by atoms with Crippen molar-refractivity contribution >= 4 is 0 Å². The first-order valence-electron chi connectivity index (χ1n) is 5.97. The standard InChI is InChI=1S/C15H22O2/c1-4-8-14(16)15(2,3)12-17-11-13-9-6-5-7-10-13/h4-7,9-10,14,16H,1,8,11-12H2,2-3H3/t14-/m0/s1. The third-order valence-electron chi connectivity index (χ3n) is 2.88. The number of hydrogen-bond donors (Lipinski definition) is 1. The summed E-state index contributed by atoms with van der Waals surface area (Å²) in [5.74, 6) is 0. The third kappa shape index (κ3) is 4.72. The van der Waals surface area contributed by atoms with E-state index in [0.717, 1.165) is 5.56 Å². The van der Waals surface area contributed by atoms with Gasteiger partial charge in [-0.1, -0.05) is 50.3 Å². The molecule has 0 bridgehead atoms.